The summed E-state index contributed by atoms with van der Waals surface area (Å²) < 4.78 is 2.11. The zero-order chi connectivity index (χ0) is 24.5. The number of likely N-dealkylation sites (tertiary alicyclic amines) is 1. The molecule has 1 saturated heterocycles. The van der Waals surface area contributed by atoms with Gasteiger partial charge >= 0.3 is 0 Å². The number of nitrogens with zero attached hydrogens (tertiary/aromatic N) is 3. The number of aromatic nitrogens is 2. The fraction of sp³-hybridized carbons (Fsp3) is 0.483. The summed E-state index contributed by atoms with van der Waals surface area (Å²) in [4.78, 5) is 32.0. The zero-order valence-corrected chi connectivity index (χ0v) is 20.9. The molecule has 0 bridgehead atoms. The van der Waals surface area contributed by atoms with E-state index in [1.54, 1.807) is 0 Å². The second-order valence-corrected chi connectivity index (χ2v) is 9.81. The Kier molecular flexibility index (Phi) is 8.93. The SMILES string of the molecule is CC1CCN(C(=O)Cn2c(CCCCCNC(=O)CCc3ccccc3)nc3ccccc32)CC1. The van der Waals surface area contributed by atoms with Crippen LogP contribution in [0.15, 0.2) is 54.6 Å². The molecule has 35 heavy (non-hydrogen) atoms. The smallest absolute Gasteiger partial charge is 0.242 e. The van der Waals surface area contributed by atoms with E-state index in [0.29, 0.717) is 25.4 Å². The Bertz CT molecular complexity index is 1100. The van der Waals surface area contributed by atoms with E-state index in [1.807, 2.05) is 41.3 Å². The molecule has 2 heterocycles. The maximum atomic E-state index is 13.0. The fourth-order valence-electron chi connectivity index (χ4n) is 4.79. The van der Waals surface area contributed by atoms with Gasteiger partial charge in [-0.2, -0.15) is 0 Å². The summed E-state index contributed by atoms with van der Waals surface area (Å²) in [5.41, 5.74) is 3.18. The molecule has 0 atom stereocenters. The highest BCUT2D eigenvalue weighted by Crippen LogP contribution is 2.20. The minimum Gasteiger partial charge on any atom is -0.356 e. The number of unbranched alkanes of at least 4 members (excludes halogenated alkanes) is 2. The van der Waals surface area contributed by atoms with E-state index in [-0.39, 0.29) is 11.8 Å². The predicted molar refractivity (Wildman–Crippen MR) is 140 cm³/mol. The van der Waals surface area contributed by atoms with Gasteiger partial charge in [0, 0.05) is 32.5 Å². The van der Waals surface area contributed by atoms with Crippen molar-refractivity contribution in [2.45, 2.75) is 64.8 Å². The molecule has 6 heteroatoms. The van der Waals surface area contributed by atoms with Crippen molar-refractivity contribution in [3.8, 4) is 0 Å². The van der Waals surface area contributed by atoms with Crippen LogP contribution in [0.5, 0.6) is 0 Å². The molecule has 0 aliphatic carbocycles. The molecule has 1 aliphatic rings. The molecular weight excluding hydrogens is 436 g/mol. The molecule has 2 aromatic carbocycles. The van der Waals surface area contributed by atoms with Gasteiger partial charge in [0.2, 0.25) is 11.8 Å². The van der Waals surface area contributed by atoms with Crippen molar-refractivity contribution in [3.63, 3.8) is 0 Å². The molecular formula is C29H38N4O2. The van der Waals surface area contributed by atoms with Gasteiger partial charge in [-0.15, -0.1) is 0 Å². The highest BCUT2D eigenvalue weighted by Gasteiger charge is 2.22. The van der Waals surface area contributed by atoms with Gasteiger partial charge < -0.3 is 14.8 Å². The van der Waals surface area contributed by atoms with Crippen molar-refractivity contribution in [1.29, 1.82) is 0 Å². The van der Waals surface area contributed by atoms with Crippen LogP contribution in [-0.4, -0.2) is 45.9 Å². The van der Waals surface area contributed by atoms with Gasteiger partial charge in [0.15, 0.2) is 0 Å². The van der Waals surface area contributed by atoms with Gasteiger partial charge in [-0.05, 0) is 55.7 Å². The number of aryl methyl sites for hydroxylation is 2. The third kappa shape index (κ3) is 7.17. The van der Waals surface area contributed by atoms with E-state index in [2.05, 4.69) is 35.0 Å². The Morgan fingerprint density at radius 2 is 1.69 bits per heavy atom. The van der Waals surface area contributed by atoms with E-state index < -0.39 is 0 Å². The van der Waals surface area contributed by atoms with Gasteiger partial charge in [0.1, 0.15) is 12.4 Å². The van der Waals surface area contributed by atoms with Crippen LogP contribution in [0.4, 0.5) is 0 Å². The number of amides is 2. The summed E-state index contributed by atoms with van der Waals surface area (Å²) in [6, 6.07) is 18.2. The fourth-order valence-corrected chi connectivity index (χ4v) is 4.79. The van der Waals surface area contributed by atoms with E-state index >= 15 is 0 Å². The second kappa shape index (κ2) is 12.5. The second-order valence-electron chi connectivity index (χ2n) is 9.81. The normalized spacial score (nSPS) is 14.4. The molecule has 186 valence electrons. The van der Waals surface area contributed by atoms with Gasteiger partial charge in [-0.25, -0.2) is 4.98 Å². The number of hydrogen-bond donors (Lipinski definition) is 1. The first kappa shape index (κ1) is 25.0. The molecule has 3 aromatic rings. The maximum Gasteiger partial charge on any atom is 0.242 e. The number of rotatable bonds is 11. The summed E-state index contributed by atoms with van der Waals surface area (Å²) in [5.74, 6) is 2.00. The maximum absolute atomic E-state index is 13.0. The molecule has 0 unspecified atom stereocenters. The Hall–Kier alpha value is -3.15. The van der Waals surface area contributed by atoms with Crippen molar-refractivity contribution < 1.29 is 9.59 Å². The number of hydrogen-bond acceptors (Lipinski definition) is 3. The first-order valence-corrected chi connectivity index (χ1v) is 13.1. The van der Waals surface area contributed by atoms with E-state index in [0.717, 1.165) is 74.9 Å². The standard InChI is InChI=1S/C29H38N4O2/c1-23-17-20-32(21-18-23)29(35)22-33-26-13-8-7-12-25(26)31-27(33)14-6-3-9-19-30-28(34)16-15-24-10-4-2-5-11-24/h2,4-5,7-8,10-13,23H,3,6,9,14-22H2,1H3,(H,30,34). The number of carbonyl (C=O) groups excluding carboxylic acids is 2. The Morgan fingerprint density at radius 3 is 2.49 bits per heavy atom. The molecule has 0 saturated carbocycles. The van der Waals surface area contributed by atoms with Crippen LogP contribution in [0, 0.1) is 5.92 Å². The lowest BCUT2D eigenvalue weighted by atomic mass is 9.99. The Labute approximate surface area is 208 Å². The number of benzene rings is 2. The van der Waals surface area contributed by atoms with Gasteiger partial charge in [0.05, 0.1) is 11.0 Å². The summed E-state index contributed by atoms with van der Waals surface area (Å²) >= 11 is 0. The molecule has 1 aliphatic heterocycles. The van der Waals surface area contributed by atoms with Crippen molar-refractivity contribution in [2.75, 3.05) is 19.6 Å². The first-order valence-electron chi connectivity index (χ1n) is 13.1. The lowest BCUT2D eigenvalue weighted by Crippen LogP contribution is -2.39. The molecule has 4 rings (SSSR count). The van der Waals surface area contributed by atoms with E-state index in [9.17, 15) is 9.59 Å². The number of piperidine rings is 1. The lowest BCUT2D eigenvalue weighted by Gasteiger charge is -2.30. The van der Waals surface area contributed by atoms with Gasteiger partial charge in [-0.1, -0.05) is 55.8 Å². The Balaban J connectivity index is 1.23. The Morgan fingerprint density at radius 1 is 0.943 bits per heavy atom. The quantitative estimate of drug-likeness (QED) is 0.408. The topological polar surface area (TPSA) is 67.2 Å². The van der Waals surface area contributed by atoms with Crippen molar-refractivity contribution in [2.24, 2.45) is 5.92 Å². The van der Waals surface area contributed by atoms with Crippen LogP contribution >= 0.6 is 0 Å². The van der Waals surface area contributed by atoms with Gasteiger partial charge in [0.25, 0.3) is 0 Å². The van der Waals surface area contributed by atoms with Crippen LogP contribution in [0.1, 0.15) is 56.8 Å². The monoisotopic (exact) mass is 474 g/mol. The van der Waals surface area contributed by atoms with Crippen LogP contribution < -0.4 is 5.32 Å². The number of imidazole rings is 1. The molecule has 1 aromatic heterocycles. The highest BCUT2D eigenvalue weighted by molar-refractivity contribution is 5.81. The average molecular weight is 475 g/mol. The van der Waals surface area contributed by atoms with E-state index in [4.69, 9.17) is 4.98 Å². The summed E-state index contributed by atoms with van der Waals surface area (Å²) in [7, 11) is 0. The van der Waals surface area contributed by atoms with E-state index in [1.165, 1.54) is 5.56 Å². The number of nitrogens with one attached hydrogen (secondary N) is 1. The average Bonchev–Trinajstić information content (AvgIpc) is 3.23. The number of para-hydroxylation sites is 2. The third-order valence-electron chi connectivity index (χ3n) is 7.05. The summed E-state index contributed by atoms with van der Waals surface area (Å²) in [6.07, 6.45) is 7.26. The third-order valence-corrected chi connectivity index (χ3v) is 7.05. The number of carbonyl (C=O) groups is 2. The molecule has 1 fully saturated rings. The van der Waals surface area contributed by atoms with Crippen molar-refractivity contribution in [1.82, 2.24) is 19.8 Å². The minimum atomic E-state index is 0.112. The molecule has 1 N–H and O–H groups in total. The van der Waals surface area contributed by atoms with Crippen LogP contribution in [0.2, 0.25) is 0 Å². The number of fused-ring (bicyclic) bond motifs is 1. The summed E-state index contributed by atoms with van der Waals surface area (Å²) in [5, 5.41) is 3.04. The zero-order valence-electron chi connectivity index (χ0n) is 20.9. The largest absolute Gasteiger partial charge is 0.356 e. The predicted octanol–water partition coefficient (Wildman–Crippen LogP) is 4.76. The molecule has 0 radical (unpaired) electrons. The van der Waals surface area contributed by atoms with Crippen molar-refractivity contribution >= 4 is 22.8 Å². The van der Waals surface area contributed by atoms with Crippen LogP contribution in [0.3, 0.4) is 0 Å². The highest BCUT2D eigenvalue weighted by atomic mass is 16.2. The molecule has 0 spiro atoms. The van der Waals surface area contributed by atoms with Crippen LogP contribution in [-0.2, 0) is 29.0 Å². The summed E-state index contributed by atoms with van der Waals surface area (Å²) in [6.45, 7) is 5.05. The lowest BCUT2D eigenvalue weighted by molar-refractivity contribution is -0.133. The minimum absolute atomic E-state index is 0.112. The first-order chi connectivity index (χ1) is 17.1. The molecule has 6 nitrogen and oxygen atoms in total. The van der Waals surface area contributed by atoms with Crippen LogP contribution in [0.25, 0.3) is 11.0 Å². The van der Waals surface area contributed by atoms with Crippen molar-refractivity contribution in [3.05, 3.63) is 66.0 Å². The van der Waals surface area contributed by atoms with Gasteiger partial charge in [-0.3, -0.25) is 9.59 Å². The molecule has 2 amide bonds.